The molecule has 2 heterocycles. The van der Waals surface area contributed by atoms with Gasteiger partial charge in [-0.2, -0.15) is 10.1 Å². The van der Waals surface area contributed by atoms with Crippen LogP contribution in [0.3, 0.4) is 0 Å². The third-order valence-electron chi connectivity index (χ3n) is 8.85. The highest BCUT2D eigenvalue weighted by Crippen LogP contribution is 2.51. The van der Waals surface area contributed by atoms with Gasteiger partial charge in [-0.25, -0.2) is 0 Å². The second kappa shape index (κ2) is 10.4. The van der Waals surface area contributed by atoms with Crippen LogP contribution in [0, 0.1) is 0 Å². The molecular formula is C33H50N2O2. The van der Waals surface area contributed by atoms with Crippen LogP contribution in [-0.4, -0.2) is 38.9 Å². The summed E-state index contributed by atoms with van der Waals surface area (Å²) in [5, 5.41) is 4.55. The molecule has 4 heteroatoms. The molecule has 4 rings (SSSR count). The van der Waals surface area contributed by atoms with E-state index >= 15 is 0 Å². The van der Waals surface area contributed by atoms with Gasteiger partial charge < -0.3 is 0 Å². The lowest BCUT2D eigenvalue weighted by atomic mass is 9.79. The molecule has 2 saturated heterocycles. The fourth-order valence-corrected chi connectivity index (χ4v) is 7.33. The number of hydroxylamine groups is 4. The van der Waals surface area contributed by atoms with Crippen LogP contribution in [0.4, 0.5) is 0 Å². The number of nitrogens with zero attached hydrogens (tertiary/aromatic N) is 2. The van der Waals surface area contributed by atoms with Crippen molar-refractivity contribution in [1.29, 1.82) is 0 Å². The molecule has 2 aliphatic heterocycles. The molecule has 0 saturated carbocycles. The van der Waals surface area contributed by atoms with Gasteiger partial charge in [-0.1, -0.05) is 54.6 Å². The molecule has 2 unspecified atom stereocenters. The van der Waals surface area contributed by atoms with Gasteiger partial charge in [0.25, 0.3) is 0 Å². The molecule has 2 atom stereocenters. The third-order valence-corrected chi connectivity index (χ3v) is 8.85. The zero-order valence-electron chi connectivity index (χ0n) is 24.8. The van der Waals surface area contributed by atoms with Gasteiger partial charge in [0.15, 0.2) is 0 Å². The Hall–Kier alpha value is -1.72. The van der Waals surface area contributed by atoms with E-state index in [0.29, 0.717) is 25.0 Å². The summed E-state index contributed by atoms with van der Waals surface area (Å²) in [6, 6.07) is 20.1. The first-order valence-corrected chi connectivity index (χ1v) is 14.3. The molecule has 2 aromatic carbocycles. The Balaban J connectivity index is 1.51. The molecule has 0 bridgehead atoms. The summed E-state index contributed by atoms with van der Waals surface area (Å²) in [7, 11) is 0. The first-order valence-electron chi connectivity index (χ1n) is 14.3. The highest BCUT2D eigenvalue weighted by molar-refractivity contribution is 5.32. The molecule has 0 aromatic heterocycles. The summed E-state index contributed by atoms with van der Waals surface area (Å²) >= 11 is 0. The fraction of sp³-hybridized carbons (Fsp3) is 0.636. The average molecular weight is 507 g/mol. The van der Waals surface area contributed by atoms with Gasteiger partial charge in [0.05, 0.1) is 13.2 Å². The molecule has 0 radical (unpaired) electrons. The van der Waals surface area contributed by atoms with Crippen LogP contribution in [0.25, 0.3) is 0 Å². The van der Waals surface area contributed by atoms with Crippen LogP contribution in [0.1, 0.15) is 117 Å². The van der Waals surface area contributed by atoms with Crippen molar-refractivity contribution in [2.75, 3.05) is 6.61 Å². The van der Waals surface area contributed by atoms with Crippen LogP contribution in [0.15, 0.2) is 54.6 Å². The Morgan fingerprint density at radius 3 is 1.92 bits per heavy atom. The van der Waals surface area contributed by atoms with Crippen molar-refractivity contribution in [3.63, 3.8) is 0 Å². The average Bonchev–Trinajstić information content (AvgIpc) is 2.96. The Kier molecular flexibility index (Phi) is 7.99. The second-order valence-corrected chi connectivity index (χ2v) is 13.7. The molecule has 2 aromatic rings. The Morgan fingerprint density at radius 2 is 1.30 bits per heavy atom. The van der Waals surface area contributed by atoms with Gasteiger partial charge in [0.1, 0.15) is 0 Å². The van der Waals surface area contributed by atoms with E-state index < -0.39 is 0 Å². The zero-order chi connectivity index (χ0) is 27.1. The normalized spacial score (nSPS) is 27.2. The molecule has 37 heavy (non-hydrogen) atoms. The van der Waals surface area contributed by atoms with Gasteiger partial charge in [0.2, 0.25) is 0 Å². The molecule has 2 aliphatic rings. The van der Waals surface area contributed by atoms with Gasteiger partial charge in [-0.05, 0) is 111 Å². The molecule has 0 N–H and O–H groups in total. The van der Waals surface area contributed by atoms with E-state index in [1.54, 1.807) is 0 Å². The largest absolute Gasteiger partial charge is 0.298 e. The van der Waals surface area contributed by atoms with Gasteiger partial charge >= 0.3 is 0 Å². The molecule has 0 amide bonds. The summed E-state index contributed by atoms with van der Waals surface area (Å²) in [4.78, 5) is 12.7. The lowest BCUT2D eigenvalue weighted by Gasteiger charge is -2.45. The van der Waals surface area contributed by atoms with E-state index in [2.05, 4.69) is 127 Å². The maximum Gasteiger partial charge on any atom is 0.0936 e. The first-order chi connectivity index (χ1) is 17.3. The summed E-state index contributed by atoms with van der Waals surface area (Å²) in [6.07, 6.45) is 4.48. The molecule has 2 fully saturated rings. The monoisotopic (exact) mass is 506 g/mol. The van der Waals surface area contributed by atoms with E-state index in [4.69, 9.17) is 9.68 Å². The van der Waals surface area contributed by atoms with Crippen LogP contribution >= 0.6 is 0 Å². The van der Waals surface area contributed by atoms with Crippen molar-refractivity contribution in [1.82, 2.24) is 10.1 Å². The van der Waals surface area contributed by atoms with Crippen LogP contribution in [0.5, 0.6) is 0 Å². The lowest BCUT2D eigenvalue weighted by Crippen LogP contribution is -2.54. The van der Waals surface area contributed by atoms with Crippen molar-refractivity contribution in [3.8, 4) is 0 Å². The lowest BCUT2D eigenvalue weighted by molar-refractivity contribution is -0.261. The zero-order valence-corrected chi connectivity index (χ0v) is 24.8. The summed E-state index contributed by atoms with van der Waals surface area (Å²) < 4.78 is 0. The maximum absolute atomic E-state index is 6.49. The van der Waals surface area contributed by atoms with Crippen molar-refractivity contribution >= 4 is 0 Å². The topological polar surface area (TPSA) is 24.9 Å². The summed E-state index contributed by atoms with van der Waals surface area (Å²) in [5.41, 5.74) is 3.94. The van der Waals surface area contributed by atoms with E-state index in [0.717, 1.165) is 19.3 Å². The molecule has 4 nitrogen and oxygen atoms in total. The van der Waals surface area contributed by atoms with Crippen LogP contribution in [-0.2, 0) is 16.3 Å². The predicted octanol–water partition coefficient (Wildman–Crippen LogP) is 8.24. The van der Waals surface area contributed by atoms with E-state index in [1.807, 2.05) is 0 Å². The SMILES string of the molecule is CCON1C(C)(C)CCC(c2ccc(C3CC(C)(C)N(OCc4ccccc4)C3(C)C)cc2)CC1(C)C. The molecule has 204 valence electrons. The minimum atomic E-state index is -0.105. The number of rotatable bonds is 7. The standard InChI is InChI=1S/C33H50N2O2/c1-10-36-34-30(2,3)21-20-28(22-31(34,4)5)26-16-18-27(19-17-26)29-23-32(6,7)35(33(29,8)9)37-24-25-14-12-11-13-15-25/h11-19,28-29H,10,20-24H2,1-9H3. The summed E-state index contributed by atoms with van der Waals surface area (Å²) in [5.74, 6) is 0.942. The highest BCUT2D eigenvalue weighted by atomic mass is 16.7. The predicted molar refractivity (Wildman–Crippen MR) is 153 cm³/mol. The van der Waals surface area contributed by atoms with Gasteiger partial charge in [0, 0.05) is 28.1 Å². The minimum absolute atomic E-state index is 0.0204. The molecule has 0 aliphatic carbocycles. The quantitative estimate of drug-likeness (QED) is 0.377. The van der Waals surface area contributed by atoms with E-state index in [-0.39, 0.29) is 22.2 Å². The van der Waals surface area contributed by atoms with E-state index in [1.165, 1.54) is 23.1 Å². The van der Waals surface area contributed by atoms with Crippen molar-refractivity contribution < 1.29 is 9.68 Å². The van der Waals surface area contributed by atoms with Gasteiger partial charge in [-0.3, -0.25) is 9.68 Å². The second-order valence-electron chi connectivity index (χ2n) is 13.7. The summed E-state index contributed by atoms with van der Waals surface area (Å²) in [6.45, 7) is 22.0. The first kappa shape index (κ1) is 28.3. The number of hydrogen-bond donors (Lipinski definition) is 0. The van der Waals surface area contributed by atoms with Crippen molar-refractivity contribution in [2.24, 2.45) is 0 Å². The Morgan fingerprint density at radius 1 is 0.703 bits per heavy atom. The Labute approximate surface area is 226 Å². The highest BCUT2D eigenvalue weighted by Gasteiger charge is 2.53. The molecular weight excluding hydrogens is 456 g/mol. The molecule has 0 spiro atoms. The fourth-order valence-electron chi connectivity index (χ4n) is 7.33. The van der Waals surface area contributed by atoms with Gasteiger partial charge in [-0.15, -0.1) is 0 Å². The van der Waals surface area contributed by atoms with E-state index in [9.17, 15) is 0 Å². The van der Waals surface area contributed by atoms with Crippen molar-refractivity contribution in [3.05, 3.63) is 71.3 Å². The third kappa shape index (κ3) is 5.83. The minimum Gasteiger partial charge on any atom is -0.298 e. The van der Waals surface area contributed by atoms with Crippen LogP contribution in [0.2, 0.25) is 0 Å². The van der Waals surface area contributed by atoms with Crippen LogP contribution < -0.4 is 0 Å². The smallest absolute Gasteiger partial charge is 0.0936 e. The number of hydrogen-bond acceptors (Lipinski definition) is 4. The Bertz CT molecular complexity index is 1030. The maximum atomic E-state index is 6.49. The van der Waals surface area contributed by atoms with Crippen molar-refractivity contribution in [2.45, 2.75) is 129 Å². The number of benzene rings is 2.